The molecule has 0 spiro atoms. The number of allylic oxidation sites excluding steroid dienone is 1. The molecular weight excluding hydrogens is 264 g/mol. The van der Waals surface area contributed by atoms with Gasteiger partial charge in [-0.1, -0.05) is 54.6 Å². The van der Waals surface area contributed by atoms with Gasteiger partial charge in [0.15, 0.2) is 0 Å². The van der Waals surface area contributed by atoms with E-state index in [2.05, 4.69) is 0 Å². The van der Waals surface area contributed by atoms with Crippen LogP contribution in [-0.4, -0.2) is 18.2 Å². The Morgan fingerprint density at radius 2 is 1.90 bits per heavy atom. The summed E-state index contributed by atoms with van der Waals surface area (Å²) in [5, 5.41) is 9.60. The Balaban J connectivity index is 2.53. The summed E-state index contributed by atoms with van der Waals surface area (Å²) >= 11 is 0. The summed E-state index contributed by atoms with van der Waals surface area (Å²) in [5.41, 5.74) is 2.38. The normalized spacial score (nSPS) is 12.3. The summed E-state index contributed by atoms with van der Waals surface area (Å²) < 4.78 is 5.39. The van der Waals surface area contributed by atoms with Gasteiger partial charge in [-0.05, 0) is 24.1 Å². The van der Waals surface area contributed by atoms with E-state index in [0.717, 1.165) is 11.1 Å². The van der Waals surface area contributed by atoms with E-state index in [1.807, 2.05) is 67.6 Å². The van der Waals surface area contributed by atoms with Gasteiger partial charge in [-0.15, -0.1) is 0 Å². The Labute approximate surface area is 124 Å². The van der Waals surface area contributed by atoms with Crippen molar-refractivity contribution in [3.63, 3.8) is 0 Å². The van der Waals surface area contributed by atoms with Gasteiger partial charge in [0.2, 0.25) is 0 Å². The standard InChI is InChI=1S/C18H18O3/c1-3-7-13-10-11-15(16(12-13)21-2)17(18(19)20)14-8-5-4-6-9-14/h3-12,17H,1-2H3,(H,19,20)/b7-3-/t17-/m1/s1. The number of carboxylic acid groups (broad SMARTS) is 1. The molecule has 0 saturated carbocycles. The molecule has 2 aromatic carbocycles. The molecule has 0 aromatic heterocycles. The van der Waals surface area contributed by atoms with Crippen LogP contribution in [0.2, 0.25) is 0 Å². The Morgan fingerprint density at radius 3 is 2.48 bits per heavy atom. The highest BCUT2D eigenvalue weighted by Gasteiger charge is 2.25. The van der Waals surface area contributed by atoms with E-state index in [4.69, 9.17) is 4.74 Å². The SMILES string of the molecule is C/C=C\c1ccc([C@H](C(=O)O)c2ccccc2)c(OC)c1. The first kappa shape index (κ1) is 14.9. The molecule has 0 unspecified atom stereocenters. The fourth-order valence-electron chi connectivity index (χ4n) is 2.36. The molecule has 3 nitrogen and oxygen atoms in total. The Morgan fingerprint density at radius 1 is 1.19 bits per heavy atom. The van der Waals surface area contributed by atoms with E-state index in [1.54, 1.807) is 7.11 Å². The summed E-state index contributed by atoms with van der Waals surface area (Å²) in [6.45, 7) is 1.93. The number of ether oxygens (including phenoxy) is 1. The second kappa shape index (κ2) is 6.75. The molecule has 0 saturated heterocycles. The number of hydrogen-bond acceptors (Lipinski definition) is 2. The predicted molar refractivity (Wildman–Crippen MR) is 83.6 cm³/mol. The van der Waals surface area contributed by atoms with Crippen LogP contribution in [0.15, 0.2) is 54.6 Å². The van der Waals surface area contributed by atoms with E-state index >= 15 is 0 Å². The highest BCUT2D eigenvalue weighted by atomic mass is 16.5. The van der Waals surface area contributed by atoms with E-state index < -0.39 is 11.9 Å². The third kappa shape index (κ3) is 3.31. The lowest BCUT2D eigenvalue weighted by Crippen LogP contribution is -2.14. The van der Waals surface area contributed by atoms with Gasteiger partial charge in [0, 0.05) is 5.56 Å². The third-order valence-electron chi connectivity index (χ3n) is 3.31. The molecule has 0 aliphatic heterocycles. The lowest BCUT2D eigenvalue weighted by molar-refractivity contribution is -0.137. The molecule has 3 heteroatoms. The van der Waals surface area contributed by atoms with Gasteiger partial charge in [-0.2, -0.15) is 0 Å². The lowest BCUT2D eigenvalue weighted by Gasteiger charge is -2.17. The molecule has 108 valence electrons. The van der Waals surface area contributed by atoms with E-state index in [1.165, 1.54) is 0 Å². The van der Waals surface area contributed by atoms with Crippen LogP contribution < -0.4 is 4.74 Å². The van der Waals surface area contributed by atoms with Crippen molar-refractivity contribution in [2.75, 3.05) is 7.11 Å². The molecule has 0 fully saturated rings. The molecule has 2 aromatic rings. The van der Waals surface area contributed by atoms with Crippen molar-refractivity contribution in [2.45, 2.75) is 12.8 Å². The number of benzene rings is 2. The maximum absolute atomic E-state index is 11.7. The number of carbonyl (C=O) groups is 1. The zero-order chi connectivity index (χ0) is 15.2. The van der Waals surface area contributed by atoms with Crippen molar-refractivity contribution in [3.8, 4) is 5.75 Å². The Hall–Kier alpha value is -2.55. The molecule has 1 atom stereocenters. The van der Waals surface area contributed by atoms with Crippen molar-refractivity contribution in [3.05, 3.63) is 71.3 Å². The van der Waals surface area contributed by atoms with Gasteiger partial charge in [0.05, 0.1) is 7.11 Å². The predicted octanol–water partition coefficient (Wildman–Crippen LogP) is 3.94. The Bertz CT molecular complexity index is 645. The largest absolute Gasteiger partial charge is 0.496 e. The zero-order valence-corrected chi connectivity index (χ0v) is 12.1. The van der Waals surface area contributed by atoms with E-state index in [-0.39, 0.29) is 0 Å². The van der Waals surface area contributed by atoms with Crippen LogP contribution >= 0.6 is 0 Å². The molecule has 0 bridgehead atoms. The van der Waals surface area contributed by atoms with Gasteiger partial charge < -0.3 is 9.84 Å². The summed E-state index contributed by atoms with van der Waals surface area (Å²) in [6.07, 6.45) is 3.88. The lowest BCUT2D eigenvalue weighted by atomic mass is 9.90. The Kier molecular flexibility index (Phi) is 4.77. The average molecular weight is 282 g/mol. The summed E-state index contributed by atoms with van der Waals surface area (Å²) in [6, 6.07) is 14.8. The van der Waals surface area contributed by atoms with Crippen LogP contribution in [0.1, 0.15) is 29.5 Å². The molecule has 2 rings (SSSR count). The topological polar surface area (TPSA) is 46.5 Å². The van der Waals surface area contributed by atoms with Gasteiger partial charge >= 0.3 is 5.97 Å². The smallest absolute Gasteiger partial charge is 0.315 e. The van der Waals surface area contributed by atoms with Crippen molar-refractivity contribution in [1.29, 1.82) is 0 Å². The maximum atomic E-state index is 11.7. The molecular formula is C18H18O3. The molecule has 1 N–H and O–H groups in total. The van der Waals surface area contributed by atoms with Crippen molar-refractivity contribution in [1.82, 2.24) is 0 Å². The van der Waals surface area contributed by atoms with Crippen LogP contribution in [-0.2, 0) is 4.79 Å². The number of methoxy groups -OCH3 is 1. The minimum atomic E-state index is -0.890. The highest BCUT2D eigenvalue weighted by Crippen LogP contribution is 2.33. The monoisotopic (exact) mass is 282 g/mol. The van der Waals surface area contributed by atoms with Crippen LogP contribution in [0.3, 0.4) is 0 Å². The van der Waals surface area contributed by atoms with Crippen LogP contribution in [0.25, 0.3) is 6.08 Å². The first-order valence-electron chi connectivity index (χ1n) is 6.75. The minimum absolute atomic E-state index is 0.585. The second-order valence-corrected chi connectivity index (χ2v) is 4.68. The van der Waals surface area contributed by atoms with Crippen molar-refractivity contribution >= 4 is 12.0 Å². The molecule has 0 radical (unpaired) electrons. The van der Waals surface area contributed by atoms with Crippen molar-refractivity contribution in [2.24, 2.45) is 0 Å². The van der Waals surface area contributed by atoms with Crippen LogP contribution in [0.5, 0.6) is 5.75 Å². The van der Waals surface area contributed by atoms with Crippen LogP contribution in [0.4, 0.5) is 0 Å². The number of hydrogen-bond donors (Lipinski definition) is 1. The molecule has 21 heavy (non-hydrogen) atoms. The quantitative estimate of drug-likeness (QED) is 0.903. The third-order valence-corrected chi connectivity index (χ3v) is 3.31. The van der Waals surface area contributed by atoms with E-state index in [0.29, 0.717) is 11.3 Å². The van der Waals surface area contributed by atoms with Gasteiger partial charge in [0.1, 0.15) is 11.7 Å². The number of aliphatic carboxylic acids is 1. The fourth-order valence-corrected chi connectivity index (χ4v) is 2.36. The van der Waals surface area contributed by atoms with E-state index in [9.17, 15) is 9.90 Å². The van der Waals surface area contributed by atoms with Gasteiger partial charge in [-0.25, -0.2) is 0 Å². The summed E-state index contributed by atoms with van der Waals surface area (Å²) in [4.78, 5) is 11.7. The molecule has 0 amide bonds. The van der Waals surface area contributed by atoms with Gasteiger partial charge in [0.25, 0.3) is 0 Å². The molecule has 0 heterocycles. The minimum Gasteiger partial charge on any atom is -0.496 e. The van der Waals surface area contributed by atoms with Gasteiger partial charge in [-0.3, -0.25) is 4.79 Å². The highest BCUT2D eigenvalue weighted by molar-refractivity contribution is 5.81. The number of rotatable bonds is 5. The second-order valence-electron chi connectivity index (χ2n) is 4.68. The first-order chi connectivity index (χ1) is 10.2. The summed E-state index contributed by atoms with van der Waals surface area (Å²) in [5.74, 6) is -1.04. The molecule has 0 aliphatic carbocycles. The maximum Gasteiger partial charge on any atom is 0.315 e. The zero-order valence-electron chi connectivity index (χ0n) is 12.1. The van der Waals surface area contributed by atoms with Crippen LogP contribution in [0, 0.1) is 0 Å². The fraction of sp³-hybridized carbons (Fsp3) is 0.167. The first-order valence-corrected chi connectivity index (χ1v) is 6.75. The number of carboxylic acids is 1. The molecule has 0 aliphatic rings. The van der Waals surface area contributed by atoms with Crippen molar-refractivity contribution < 1.29 is 14.6 Å². The average Bonchev–Trinajstić information content (AvgIpc) is 2.50. The summed E-state index contributed by atoms with van der Waals surface area (Å²) in [7, 11) is 1.56.